The van der Waals surface area contributed by atoms with Gasteiger partial charge < -0.3 is 4.42 Å². The van der Waals surface area contributed by atoms with E-state index < -0.39 is 10.0 Å². The largest absolute Gasteiger partial charge is 0.468 e. The van der Waals surface area contributed by atoms with E-state index in [2.05, 4.69) is 0 Å². The molecule has 1 aromatic carbocycles. The highest BCUT2D eigenvalue weighted by Gasteiger charge is 2.39. The van der Waals surface area contributed by atoms with Crippen LogP contribution in [0.15, 0.2) is 52.0 Å². The van der Waals surface area contributed by atoms with E-state index in [0.29, 0.717) is 5.76 Å². The molecule has 5 nitrogen and oxygen atoms in total. The lowest BCUT2D eigenvalue weighted by molar-refractivity contribution is 0.356. The average Bonchev–Trinajstić information content (AvgIpc) is 3.20. The van der Waals surface area contributed by atoms with Crippen molar-refractivity contribution in [3.8, 4) is 6.07 Å². The van der Waals surface area contributed by atoms with Gasteiger partial charge in [-0.1, -0.05) is 12.1 Å². The van der Waals surface area contributed by atoms with Crippen LogP contribution >= 0.6 is 0 Å². The third-order valence-electron chi connectivity index (χ3n) is 3.44. The van der Waals surface area contributed by atoms with Gasteiger partial charge in [0.2, 0.25) is 10.0 Å². The quantitative estimate of drug-likeness (QED) is 0.850. The van der Waals surface area contributed by atoms with Gasteiger partial charge in [0.25, 0.3) is 0 Å². The van der Waals surface area contributed by atoms with Gasteiger partial charge in [0.15, 0.2) is 0 Å². The number of nitriles is 1. The summed E-state index contributed by atoms with van der Waals surface area (Å²) in [6, 6.07) is 11.7. The molecule has 0 radical (unpaired) electrons. The molecule has 0 N–H and O–H groups in total. The number of hydrogen-bond acceptors (Lipinski definition) is 4. The van der Waals surface area contributed by atoms with Crippen molar-refractivity contribution in [3.05, 3.63) is 54.0 Å². The minimum absolute atomic E-state index is 0.00755. The van der Waals surface area contributed by atoms with Crippen LogP contribution < -0.4 is 0 Å². The summed E-state index contributed by atoms with van der Waals surface area (Å²) in [7, 11) is -3.71. The van der Waals surface area contributed by atoms with Crippen molar-refractivity contribution < 1.29 is 12.8 Å². The zero-order valence-corrected chi connectivity index (χ0v) is 12.1. The van der Waals surface area contributed by atoms with Crippen molar-refractivity contribution in [2.24, 2.45) is 0 Å². The molecule has 6 heteroatoms. The molecular weight excluding hydrogens is 288 g/mol. The van der Waals surface area contributed by atoms with E-state index in [4.69, 9.17) is 9.68 Å². The number of sulfonamides is 1. The molecule has 3 rings (SSSR count). The van der Waals surface area contributed by atoms with E-state index in [9.17, 15) is 8.42 Å². The molecule has 0 bridgehead atoms. The Labute approximate surface area is 123 Å². The maximum Gasteiger partial charge on any atom is 0.245 e. The molecule has 0 saturated heterocycles. The normalized spacial score (nSPS) is 15.0. The van der Waals surface area contributed by atoms with Crippen LogP contribution in [0, 0.1) is 11.3 Å². The van der Waals surface area contributed by atoms with E-state index in [1.807, 2.05) is 6.07 Å². The smallest absolute Gasteiger partial charge is 0.245 e. The lowest BCUT2D eigenvalue weighted by Gasteiger charge is -2.21. The molecule has 1 saturated carbocycles. The Morgan fingerprint density at radius 3 is 2.62 bits per heavy atom. The van der Waals surface area contributed by atoms with Gasteiger partial charge in [-0.3, -0.25) is 0 Å². The topological polar surface area (TPSA) is 74.3 Å². The predicted octanol–water partition coefficient (Wildman–Crippen LogP) is 2.50. The molecule has 1 heterocycles. The summed E-state index contributed by atoms with van der Waals surface area (Å²) in [6.45, 7) is 0.194. The van der Waals surface area contributed by atoms with Gasteiger partial charge in [-0.15, -0.1) is 0 Å². The average molecular weight is 302 g/mol. The fourth-order valence-electron chi connectivity index (χ4n) is 2.24. The Balaban J connectivity index is 2.00. The van der Waals surface area contributed by atoms with Crippen molar-refractivity contribution in [2.75, 3.05) is 0 Å². The Hall–Kier alpha value is -2.10. The van der Waals surface area contributed by atoms with Gasteiger partial charge in [0.1, 0.15) is 11.8 Å². The van der Waals surface area contributed by atoms with Crippen molar-refractivity contribution >= 4 is 10.0 Å². The first-order valence-electron chi connectivity index (χ1n) is 6.66. The van der Waals surface area contributed by atoms with Crippen LogP contribution in [0.25, 0.3) is 0 Å². The van der Waals surface area contributed by atoms with Crippen LogP contribution in [0.2, 0.25) is 0 Å². The van der Waals surface area contributed by atoms with Gasteiger partial charge in [0, 0.05) is 6.04 Å². The maximum absolute atomic E-state index is 12.9. The van der Waals surface area contributed by atoms with E-state index in [1.165, 1.54) is 22.7 Å². The second-order valence-corrected chi connectivity index (χ2v) is 6.83. The predicted molar refractivity (Wildman–Crippen MR) is 75.6 cm³/mol. The van der Waals surface area contributed by atoms with E-state index >= 15 is 0 Å². The number of benzene rings is 1. The molecule has 21 heavy (non-hydrogen) atoms. The molecule has 1 aliphatic carbocycles. The fraction of sp³-hybridized carbons (Fsp3) is 0.267. The Morgan fingerprint density at radius 1 is 1.24 bits per heavy atom. The second-order valence-electron chi connectivity index (χ2n) is 4.97. The molecular formula is C15H14N2O3S. The molecule has 0 atom stereocenters. The van der Waals surface area contributed by atoms with Crippen molar-refractivity contribution in [3.63, 3.8) is 0 Å². The molecule has 1 fully saturated rings. The summed E-state index contributed by atoms with van der Waals surface area (Å²) < 4.78 is 32.4. The summed E-state index contributed by atoms with van der Waals surface area (Å²) in [4.78, 5) is 0.0611. The summed E-state index contributed by atoms with van der Waals surface area (Å²) in [6.07, 6.45) is 3.21. The number of nitrogens with zero attached hydrogens (tertiary/aromatic N) is 2. The minimum Gasteiger partial charge on any atom is -0.468 e. The number of hydrogen-bond donors (Lipinski definition) is 0. The second kappa shape index (κ2) is 5.35. The molecule has 0 amide bonds. The molecule has 1 aliphatic rings. The lowest BCUT2D eigenvalue weighted by atomic mass is 10.2. The monoisotopic (exact) mass is 302 g/mol. The molecule has 0 aliphatic heterocycles. The number of rotatable bonds is 5. The van der Waals surface area contributed by atoms with Crippen molar-refractivity contribution in [1.29, 1.82) is 5.26 Å². The van der Waals surface area contributed by atoms with Crippen molar-refractivity contribution in [2.45, 2.75) is 30.3 Å². The first-order valence-corrected chi connectivity index (χ1v) is 8.10. The van der Waals surface area contributed by atoms with Gasteiger partial charge in [-0.25, -0.2) is 8.42 Å². The summed E-state index contributed by atoms with van der Waals surface area (Å²) in [5.41, 5.74) is 0.169. The van der Waals surface area contributed by atoms with Crippen LogP contribution in [0.4, 0.5) is 0 Å². The molecule has 0 spiro atoms. The van der Waals surface area contributed by atoms with E-state index in [-0.39, 0.29) is 23.0 Å². The zero-order valence-electron chi connectivity index (χ0n) is 11.3. The molecule has 0 unspecified atom stereocenters. The van der Waals surface area contributed by atoms with Crippen LogP contribution in [0.3, 0.4) is 0 Å². The van der Waals surface area contributed by atoms with Gasteiger partial charge in [-0.05, 0) is 37.1 Å². The zero-order chi connectivity index (χ0) is 14.9. The van der Waals surface area contributed by atoms with Crippen molar-refractivity contribution in [1.82, 2.24) is 4.31 Å². The number of furan rings is 1. The highest BCUT2D eigenvalue weighted by molar-refractivity contribution is 7.89. The lowest BCUT2D eigenvalue weighted by Crippen LogP contribution is -2.33. The summed E-state index contributed by atoms with van der Waals surface area (Å²) in [5.74, 6) is 0.597. The summed E-state index contributed by atoms with van der Waals surface area (Å²) in [5, 5.41) is 9.12. The third kappa shape index (κ3) is 2.71. The van der Waals surface area contributed by atoms with Crippen LogP contribution in [0.1, 0.15) is 24.2 Å². The molecule has 1 aromatic heterocycles. The standard InChI is InChI=1S/C15H14N2O3S/c16-10-12-4-1-2-6-15(12)21(18,19)17(13-7-8-13)11-14-5-3-9-20-14/h1-6,9,13H,7-8,11H2. The summed E-state index contributed by atoms with van der Waals surface area (Å²) >= 11 is 0. The van der Waals surface area contributed by atoms with Gasteiger partial charge in [0.05, 0.1) is 23.3 Å². The van der Waals surface area contributed by atoms with Gasteiger partial charge in [-0.2, -0.15) is 9.57 Å². The first kappa shape index (κ1) is 13.9. The molecule has 108 valence electrons. The minimum atomic E-state index is -3.71. The third-order valence-corrected chi connectivity index (χ3v) is 5.40. The Bertz CT molecular complexity index is 772. The van der Waals surface area contributed by atoms with E-state index in [0.717, 1.165) is 12.8 Å². The van der Waals surface area contributed by atoms with Crippen LogP contribution in [-0.2, 0) is 16.6 Å². The SMILES string of the molecule is N#Cc1ccccc1S(=O)(=O)N(Cc1ccco1)C1CC1. The van der Waals surface area contributed by atoms with Crippen LogP contribution in [-0.4, -0.2) is 18.8 Å². The highest BCUT2D eigenvalue weighted by Crippen LogP contribution is 2.34. The fourth-order valence-corrected chi connectivity index (χ4v) is 4.03. The van der Waals surface area contributed by atoms with Crippen LogP contribution in [0.5, 0.6) is 0 Å². The van der Waals surface area contributed by atoms with E-state index in [1.54, 1.807) is 24.3 Å². The highest BCUT2D eigenvalue weighted by atomic mass is 32.2. The Morgan fingerprint density at radius 2 is 2.00 bits per heavy atom. The first-order chi connectivity index (χ1) is 10.1. The van der Waals surface area contributed by atoms with Gasteiger partial charge >= 0.3 is 0 Å². The maximum atomic E-state index is 12.9. The Kier molecular flexibility index (Phi) is 3.53. The molecule has 2 aromatic rings.